The lowest BCUT2D eigenvalue weighted by Crippen LogP contribution is -2.30. The molecule has 0 heterocycles. The molecule has 0 fully saturated rings. The fraction of sp³-hybridized carbons (Fsp3) is 0.130. The minimum absolute atomic E-state index is 0.309. The first-order valence-corrected chi connectivity index (χ1v) is 9.61. The summed E-state index contributed by atoms with van der Waals surface area (Å²) < 4.78 is 10.8. The minimum atomic E-state index is -0.734. The predicted molar refractivity (Wildman–Crippen MR) is 118 cm³/mol. The molecule has 3 aromatic rings. The highest BCUT2D eigenvalue weighted by Crippen LogP contribution is 2.20. The fourth-order valence-corrected chi connectivity index (χ4v) is 2.85. The normalized spacial score (nSPS) is 11.3. The lowest BCUT2D eigenvalue weighted by molar-refractivity contribution is -0.122. The quantitative estimate of drug-likeness (QED) is 0.559. The molecule has 3 aromatic carbocycles. The molecule has 0 saturated carbocycles. The fourth-order valence-electron chi connectivity index (χ4n) is 2.66. The molecule has 154 valence electrons. The number of amides is 2. The van der Waals surface area contributed by atoms with Gasteiger partial charge in [0.15, 0.2) is 6.10 Å². The molecule has 0 saturated heterocycles. The number of ether oxygens (including phenoxy) is 2. The molecule has 0 aliphatic heterocycles. The summed E-state index contributed by atoms with van der Waals surface area (Å²) >= 11 is 5.94. The van der Waals surface area contributed by atoms with Gasteiger partial charge >= 0.3 is 0 Å². The molecule has 0 aliphatic rings. The number of benzene rings is 3. The van der Waals surface area contributed by atoms with Crippen LogP contribution in [-0.2, 0) is 4.79 Å². The van der Waals surface area contributed by atoms with E-state index in [0.29, 0.717) is 33.5 Å². The third-order valence-corrected chi connectivity index (χ3v) is 4.45. The van der Waals surface area contributed by atoms with Gasteiger partial charge in [0.05, 0.1) is 7.11 Å². The van der Waals surface area contributed by atoms with Gasteiger partial charge in [-0.1, -0.05) is 23.7 Å². The number of carbonyl (C=O) groups excluding carboxylic acids is 2. The molecule has 7 heteroatoms. The molecule has 6 nitrogen and oxygen atoms in total. The van der Waals surface area contributed by atoms with Gasteiger partial charge < -0.3 is 20.1 Å². The Hall–Kier alpha value is -3.51. The summed E-state index contributed by atoms with van der Waals surface area (Å²) in [5.74, 6) is 0.606. The van der Waals surface area contributed by atoms with Gasteiger partial charge in [0.25, 0.3) is 11.8 Å². The van der Waals surface area contributed by atoms with E-state index >= 15 is 0 Å². The zero-order valence-electron chi connectivity index (χ0n) is 16.5. The van der Waals surface area contributed by atoms with E-state index in [4.69, 9.17) is 21.1 Å². The molecule has 2 N–H and O–H groups in total. The van der Waals surface area contributed by atoms with Gasteiger partial charge in [-0.25, -0.2) is 0 Å². The topological polar surface area (TPSA) is 76.7 Å². The highest BCUT2D eigenvalue weighted by Gasteiger charge is 2.16. The third kappa shape index (κ3) is 5.75. The van der Waals surface area contributed by atoms with Crippen LogP contribution in [0.5, 0.6) is 11.5 Å². The summed E-state index contributed by atoms with van der Waals surface area (Å²) in [5, 5.41) is 6.06. The Morgan fingerprint density at radius 2 is 1.50 bits per heavy atom. The first kappa shape index (κ1) is 21.2. The summed E-state index contributed by atoms with van der Waals surface area (Å²) in [5.41, 5.74) is 1.48. The monoisotopic (exact) mass is 424 g/mol. The molecule has 3 rings (SSSR count). The Morgan fingerprint density at radius 3 is 2.17 bits per heavy atom. The van der Waals surface area contributed by atoms with Crippen molar-refractivity contribution in [1.29, 1.82) is 0 Å². The largest absolute Gasteiger partial charge is 0.497 e. The number of anilines is 2. The van der Waals surface area contributed by atoms with Crippen molar-refractivity contribution in [3.8, 4) is 11.5 Å². The van der Waals surface area contributed by atoms with Crippen LogP contribution in [0.2, 0.25) is 5.02 Å². The zero-order chi connectivity index (χ0) is 21.5. The SMILES string of the molecule is COc1ccc(OC(C)C(=O)Nc2cccc(C(=O)Nc3cccc(Cl)c3)c2)cc1. The lowest BCUT2D eigenvalue weighted by Gasteiger charge is -2.15. The second-order valence-electron chi connectivity index (χ2n) is 6.47. The summed E-state index contributed by atoms with van der Waals surface area (Å²) in [6.07, 6.45) is -0.734. The van der Waals surface area contributed by atoms with Crippen LogP contribution in [0, 0.1) is 0 Å². The van der Waals surface area contributed by atoms with Gasteiger partial charge in [-0.15, -0.1) is 0 Å². The van der Waals surface area contributed by atoms with E-state index < -0.39 is 6.10 Å². The minimum Gasteiger partial charge on any atom is -0.497 e. The first-order valence-electron chi connectivity index (χ1n) is 9.23. The molecule has 1 atom stereocenters. The van der Waals surface area contributed by atoms with Gasteiger partial charge in [0.2, 0.25) is 0 Å². The van der Waals surface area contributed by atoms with Crippen molar-refractivity contribution in [3.05, 3.63) is 83.4 Å². The van der Waals surface area contributed by atoms with E-state index in [1.807, 2.05) is 0 Å². The number of methoxy groups -OCH3 is 1. The molecule has 30 heavy (non-hydrogen) atoms. The summed E-state index contributed by atoms with van der Waals surface area (Å²) in [7, 11) is 1.58. The van der Waals surface area contributed by atoms with Crippen LogP contribution in [0.15, 0.2) is 72.8 Å². The van der Waals surface area contributed by atoms with Crippen molar-refractivity contribution in [2.75, 3.05) is 17.7 Å². The van der Waals surface area contributed by atoms with E-state index in [2.05, 4.69) is 10.6 Å². The van der Waals surface area contributed by atoms with Crippen molar-refractivity contribution in [2.45, 2.75) is 13.0 Å². The Morgan fingerprint density at radius 1 is 0.867 bits per heavy atom. The Bertz CT molecular complexity index is 1040. The molecule has 0 bridgehead atoms. The lowest BCUT2D eigenvalue weighted by atomic mass is 10.1. The van der Waals surface area contributed by atoms with Gasteiger partial charge in [0.1, 0.15) is 11.5 Å². The van der Waals surface area contributed by atoms with Crippen molar-refractivity contribution < 1.29 is 19.1 Å². The number of nitrogens with one attached hydrogen (secondary N) is 2. The molecule has 2 amide bonds. The second kappa shape index (κ2) is 9.80. The Balaban J connectivity index is 1.62. The number of hydrogen-bond donors (Lipinski definition) is 2. The number of carbonyl (C=O) groups is 2. The maximum absolute atomic E-state index is 12.5. The van der Waals surface area contributed by atoms with Crippen LogP contribution >= 0.6 is 11.6 Å². The molecular formula is C23H21ClN2O4. The first-order chi connectivity index (χ1) is 14.4. The second-order valence-corrected chi connectivity index (χ2v) is 6.91. The summed E-state index contributed by atoms with van der Waals surface area (Å²) in [4.78, 5) is 25.0. The summed E-state index contributed by atoms with van der Waals surface area (Å²) in [6.45, 7) is 1.65. The van der Waals surface area contributed by atoms with Crippen molar-refractivity contribution in [2.24, 2.45) is 0 Å². The van der Waals surface area contributed by atoms with Crippen LogP contribution in [0.4, 0.5) is 11.4 Å². The van der Waals surface area contributed by atoms with E-state index in [0.717, 1.165) is 0 Å². The van der Waals surface area contributed by atoms with Crippen molar-refractivity contribution in [1.82, 2.24) is 0 Å². The van der Waals surface area contributed by atoms with Crippen LogP contribution in [-0.4, -0.2) is 25.0 Å². The predicted octanol–water partition coefficient (Wildman–Crippen LogP) is 5.01. The van der Waals surface area contributed by atoms with Gasteiger partial charge in [-0.3, -0.25) is 9.59 Å². The Kier molecular flexibility index (Phi) is 6.93. The van der Waals surface area contributed by atoms with Crippen LogP contribution in [0.3, 0.4) is 0 Å². The van der Waals surface area contributed by atoms with E-state index in [-0.39, 0.29) is 11.8 Å². The van der Waals surface area contributed by atoms with Gasteiger partial charge in [-0.05, 0) is 67.6 Å². The van der Waals surface area contributed by atoms with Crippen molar-refractivity contribution in [3.63, 3.8) is 0 Å². The smallest absolute Gasteiger partial charge is 0.265 e. The highest BCUT2D eigenvalue weighted by atomic mass is 35.5. The van der Waals surface area contributed by atoms with Crippen molar-refractivity contribution >= 4 is 34.8 Å². The van der Waals surface area contributed by atoms with Crippen LogP contribution in [0.1, 0.15) is 17.3 Å². The molecule has 0 radical (unpaired) electrons. The molecule has 0 spiro atoms. The molecular weight excluding hydrogens is 404 g/mol. The standard InChI is InChI=1S/C23H21ClN2O4/c1-15(30-21-11-9-20(29-2)10-12-21)22(27)25-18-7-3-5-16(13-18)23(28)26-19-8-4-6-17(24)14-19/h3-15H,1-2H3,(H,25,27)(H,26,28). The highest BCUT2D eigenvalue weighted by molar-refractivity contribution is 6.31. The number of hydrogen-bond acceptors (Lipinski definition) is 4. The average molecular weight is 425 g/mol. The maximum Gasteiger partial charge on any atom is 0.265 e. The number of halogens is 1. The molecule has 0 aromatic heterocycles. The third-order valence-electron chi connectivity index (χ3n) is 4.22. The maximum atomic E-state index is 12.5. The molecule has 1 unspecified atom stereocenters. The van der Waals surface area contributed by atoms with Crippen LogP contribution < -0.4 is 20.1 Å². The number of rotatable bonds is 7. The van der Waals surface area contributed by atoms with E-state index in [1.165, 1.54) is 0 Å². The van der Waals surface area contributed by atoms with Gasteiger partial charge in [-0.2, -0.15) is 0 Å². The van der Waals surface area contributed by atoms with Gasteiger partial charge in [0, 0.05) is 22.0 Å². The van der Waals surface area contributed by atoms with Crippen LogP contribution in [0.25, 0.3) is 0 Å². The Labute approximate surface area is 179 Å². The van der Waals surface area contributed by atoms with E-state index in [9.17, 15) is 9.59 Å². The van der Waals surface area contributed by atoms with E-state index in [1.54, 1.807) is 86.8 Å². The summed E-state index contributed by atoms with van der Waals surface area (Å²) in [6, 6.07) is 20.5. The zero-order valence-corrected chi connectivity index (χ0v) is 17.3. The average Bonchev–Trinajstić information content (AvgIpc) is 2.74. The molecule has 0 aliphatic carbocycles.